The Bertz CT molecular complexity index is 368. The van der Waals surface area contributed by atoms with Gasteiger partial charge in [-0.25, -0.2) is 4.39 Å². The predicted molar refractivity (Wildman–Crippen MR) is 52.9 cm³/mol. The third kappa shape index (κ3) is 1.57. The number of hydrogen-bond donors (Lipinski definition) is 0. The molecule has 0 bridgehead atoms. The van der Waals surface area contributed by atoms with Gasteiger partial charge >= 0.3 is 0 Å². The van der Waals surface area contributed by atoms with Gasteiger partial charge in [0.1, 0.15) is 5.82 Å². The van der Waals surface area contributed by atoms with Gasteiger partial charge in [-0.1, -0.05) is 6.07 Å². The molecule has 1 aromatic carbocycles. The first-order valence-electron chi connectivity index (χ1n) is 4.90. The van der Waals surface area contributed by atoms with E-state index in [1.807, 2.05) is 13.0 Å². The van der Waals surface area contributed by atoms with Crippen LogP contribution in [0.15, 0.2) is 12.1 Å². The van der Waals surface area contributed by atoms with E-state index in [9.17, 15) is 9.18 Å². The van der Waals surface area contributed by atoms with Crippen molar-refractivity contribution in [1.29, 1.82) is 0 Å². The third-order valence-corrected chi connectivity index (χ3v) is 2.63. The first-order valence-corrected chi connectivity index (χ1v) is 4.90. The summed E-state index contributed by atoms with van der Waals surface area (Å²) in [6.07, 6.45) is 1.84. The maximum Gasteiger partial charge on any atom is 0.169 e. The van der Waals surface area contributed by atoms with Gasteiger partial charge in [0.2, 0.25) is 0 Å². The second-order valence-electron chi connectivity index (χ2n) is 4.08. The van der Waals surface area contributed by atoms with Gasteiger partial charge in [-0.15, -0.1) is 0 Å². The van der Waals surface area contributed by atoms with E-state index in [0.29, 0.717) is 5.56 Å². The van der Waals surface area contributed by atoms with Gasteiger partial charge in [0.05, 0.1) is 5.56 Å². The minimum atomic E-state index is -0.362. The molecule has 74 valence electrons. The van der Waals surface area contributed by atoms with Crippen molar-refractivity contribution in [2.24, 2.45) is 5.92 Å². The Morgan fingerprint density at radius 1 is 1.36 bits per heavy atom. The van der Waals surface area contributed by atoms with Crippen LogP contribution in [0.1, 0.15) is 34.3 Å². The predicted octanol–water partition coefficient (Wildman–Crippen LogP) is 3.04. The molecule has 1 fully saturated rings. The summed E-state index contributed by atoms with van der Waals surface area (Å²) in [4.78, 5) is 11.7. The topological polar surface area (TPSA) is 17.1 Å². The van der Waals surface area contributed by atoms with Crippen LogP contribution in [0.25, 0.3) is 0 Å². The monoisotopic (exact) mass is 192 g/mol. The highest BCUT2D eigenvalue weighted by Crippen LogP contribution is 2.34. The first-order chi connectivity index (χ1) is 6.59. The third-order valence-electron chi connectivity index (χ3n) is 2.63. The zero-order valence-electron chi connectivity index (χ0n) is 8.43. The molecule has 0 amide bonds. The minimum Gasteiger partial charge on any atom is -0.294 e. The van der Waals surface area contributed by atoms with Crippen LogP contribution >= 0.6 is 0 Å². The summed E-state index contributed by atoms with van der Waals surface area (Å²) in [5.41, 5.74) is 1.94. The Balaban J connectivity index is 2.45. The van der Waals surface area contributed by atoms with E-state index in [2.05, 4.69) is 0 Å². The van der Waals surface area contributed by atoms with E-state index in [-0.39, 0.29) is 17.5 Å². The number of benzene rings is 1. The van der Waals surface area contributed by atoms with Crippen LogP contribution in [-0.2, 0) is 0 Å². The van der Waals surface area contributed by atoms with Gasteiger partial charge in [0.25, 0.3) is 0 Å². The summed E-state index contributed by atoms with van der Waals surface area (Å²) >= 11 is 0. The molecule has 0 spiro atoms. The molecule has 1 aliphatic carbocycles. The fraction of sp³-hybridized carbons (Fsp3) is 0.417. The zero-order valence-corrected chi connectivity index (χ0v) is 8.43. The second-order valence-corrected chi connectivity index (χ2v) is 4.08. The van der Waals surface area contributed by atoms with Crippen molar-refractivity contribution in [3.8, 4) is 0 Å². The van der Waals surface area contributed by atoms with E-state index in [1.54, 1.807) is 6.92 Å². The molecule has 0 atom stereocenters. The van der Waals surface area contributed by atoms with Crippen molar-refractivity contribution in [2.75, 3.05) is 0 Å². The number of hydrogen-bond acceptors (Lipinski definition) is 1. The Kier molecular flexibility index (Phi) is 2.14. The number of carbonyl (C=O) groups is 1. The summed E-state index contributed by atoms with van der Waals surface area (Å²) in [6.45, 7) is 3.63. The number of Topliss-reactive ketones (excluding diaryl/α,β-unsaturated/α-hetero) is 1. The maximum absolute atomic E-state index is 13.5. The van der Waals surface area contributed by atoms with Gasteiger partial charge < -0.3 is 0 Å². The van der Waals surface area contributed by atoms with Crippen molar-refractivity contribution in [1.82, 2.24) is 0 Å². The molecule has 2 rings (SSSR count). The molecule has 0 radical (unpaired) electrons. The summed E-state index contributed by atoms with van der Waals surface area (Å²) in [5, 5.41) is 0. The first kappa shape index (κ1) is 9.38. The van der Waals surface area contributed by atoms with Crippen molar-refractivity contribution >= 4 is 5.78 Å². The summed E-state index contributed by atoms with van der Waals surface area (Å²) in [7, 11) is 0. The molecule has 14 heavy (non-hydrogen) atoms. The Labute approximate surface area is 82.9 Å². The molecule has 0 heterocycles. The van der Waals surface area contributed by atoms with Crippen molar-refractivity contribution in [3.63, 3.8) is 0 Å². The van der Waals surface area contributed by atoms with E-state index in [4.69, 9.17) is 0 Å². The quantitative estimate of drug-likeness (QED) is 0.658. The lowest BCUT2D eigenvalue weighted by Gasteiger charge is -2.06. The average Bonchev–Trinajstić information content (AvgIpc) is 2.83. The molecular formula is C12H13FO. The maximum atomic E-state index is 13.5. The van der Waals surface area contributed by atoms with Gasteiger partial charge in [-0.3, -0.25) is 4.79 Å². The van der Waals surface area contributed by atoms with Crippen LogP contribution < -0.4 is 0 Å². The number of carbonyl (C=O) groups excluding carboxylic acids is 1. The number of halogens is 1. The zero-order chi connectivity index (χ0) is 10.3. The van der Waals surface area contributed by atoms with Crippen molar-refractivity contribution in [3.05, 3.63) is 34.6 Å². The molecule has 2 heteroatoms. The van der Waals surface area contributed by atoms with Crippen LogP contribution in [0, 0.1) is 25.6 Å². The van der Waals surface area contributed by atoms with E-state index >= 15 is 0 Å². The van der Waals surface area contributed by atoms with E-state index in [0.717, 1.165) is 24.0 Å². The van der Waals surface area contributed by atoms with E-state index in [1.165, 1.54) is 6.07 Å². The fourth-order valence-corrected chi connectivity index (χ4v) is 1.78. The SMILES string of the molecule is Cc1cc(C)c(C(=O)C2CC2)c(F)c1. The molecule has 0 saturated heterocycles. The van der Waals surface area contributed by atoms with Gasteiger partial charge in [-0.2, -0.15) is 0 Å². The lowest BCUT2D eigenvalue weighted by atomic mass is 9.99. The van der Waals surface area contributed by atoms with Crippen molar-refractivity contribution < 1.29 is 9.18 Å². The average molecular weight is 192 g/mol. The minimum absolute atomic E-state index is 0.0139. The molecule has 1 aliphatic rings. The van der Waals surface area contributed by atoms with Gasteiger partial charge in [0.15, 0.2) is 5.78 Å². The van der Waals surface area contributed by atoms with Crippen LogP contribution in [0.5, 0.6) is 0 Å². The molecule has 0 aliphatic heterocycles. The molecule has 1 nitrogen and oxygen atoms in total. The summed E-state index contributed by atoms with van der Waals surface area (Å²) in [5.74, 6) is -0.287. The lowest BCUT2D eigenvalue weighted by Crippen LogP contribution is -2.07. The fourth-order valence-electron chi connectivity index (χ4n) is 1.78. The van der Waals surface area contributed by atoms with Gasteiger partial charge in [-0.05, 0) is 43.9 Å². The highest BCUT2D eigenvalue weighted by molar-refractivity contribution is 6.00. The Hall–Kier alpha value is -1.18. The lowest BCUT2D eigenvalue weighted by molar-refractivity contribution is 0.0963. The Morgan fingerprint density at radius 2 is 2.00 bits per heavy atom. The molecule has 0 unspecified atom stereocenters. The molecule has 0 N–H and O–H groups in total. The summed E-state index contributed by atoms with van der Waals surface area (Å²) < 4.78 is 13.5. The molecule has 1 aromatic rings. The molecule has 1 saturated carbocycles. The normalized spacial score (nSPS) is 15.6. The van der Waals surface area contributed by atoms with Crippen LogP contribution in [0.4, 0.5) is 4.39 Å². The largest absolute Gasteiger partial charge is 0.294 e. The molecular weight excluding hydrogens is 179 g/mol. The smallest absolute Gasteiger partial charge is 0.169 e. The number of rotatable bonds is 2. The standard InChI is InChI=1S/C12H13FO/c1-7-5-8(2)11(10(13)6-7)12(14)9-3-4-9/h5-6,9H,3-4H2,1-2H3. The highest BCUT2D eigenvalue weighted by Gasteiger charge is 2.32. The summed E-state index contributed by atoms with van der Waals surface area (Å²) in [6, 6.07) is 3.29. The van der Waals surface area contributed by atoms with Gasteiger partial charge in [0, 0.05) is 5.92 Å². The molecule has 0 aromatic heterocycles. The van der Waals surface area contributed by atoms with Crippen LogP contribution in [0.2, 0.25) is 0 Å². The van der Waals surface area contributed by atoms with Crippen molar-refractivity contribution in [2.45, 2.75) is 26.7 Å². The second kappa shape index (κ2) is 3.19. The van der Waals surface area contributed by atoms with E-state index < -0.39 is 0 Å². The Morgan fingerprint density at radius 3 is 2.50 bits per heavy atom. The van der Waals surface area contributed by atoms with Crippen LogP contribution in [0.3, 0.4) is 0 Å². The number of ketones is 1. The number of aryl methyl sites for hydroxylation is 2. The highest BCUT2D eigenvalue weighted by atomic mass is 19.1. The van der Waals surface area contributed by atoms with Crippen LogP contribution in [-0.4, -0.2) is 5.78 Å².